The summed E-state index contributed by atoms with van der Waals surface area (Å²) in [6, 6.07) is 6.67. The minimum absolute atomic E-state index is 0.0880. The fraction of sp³-hybridized carbons (Fsp3) is 0.538. The van der Waals surface area contributed by atoms with E-state index in [1.54, 1.807) is 7.11 Å². The number of methoxy groups -OCH3 is 1. The van der Waals surface area contributed by atoms with Gasteiger partial charge in [0.15, 0.2) is 0 Å². The van der Waals surface area contributed by atoms with E-state index in [0.29, 0.717) is 15.0 Å². The van der Waals surface area contributed by atoms with Crippen LogP contribution in [0.5, 0.6) is 0 Å². The van der Waals surface area contributed by atoms with Gasteiger partial charge in [0.2, 0.25) is 0 Å². The van der Waals surface area contributed by atoms with Crippen LogP contribution in [0, 0.1) is 13.8 Å². The van der Waals surface area contributed by atoms with Gasteiger partial charge >= 0.3 is 104 Å². The number of ether oxygens (including phenoxy) is 2. The molecule has 1 atom stereocenters. The van der Waals surface area contributed by atoms with Crippen molar-refractivity contribution in [2.75, 3.05) is 13.7 Å². The van der Waals surface area contributed by atoms with Crippen LogP contribution in [0.4, 0.5) is 0 Å². The third-order valence-corrected chi connectivity index (χ3v) is 4.75. The van der Waals surface area contributed by atoms with Gasteiger partial charge in [-0.2, -0.15) is 0 Å². The molecule has 16 heavy (non-hydrogen) atoms. The van der Waals surface area contributed by atoms with Crippen molar-refractivity contribution in [1.82, 2.24) is 0 Å². The van der Waals surface area contributed by atoms with Crippen LogP contribution in [0.2, 0.25) is 5.32 Å². The SMILES string of the molecule is COC(C)OCC[Se]c1ccc(C)cc1C. The molecule has 1 aromatic carbocycles. The van der Waals surface area contributed by atoms with Crippen molar-refractivity contribution in [2.45, 2.75) is 32.4 Å². The van der Waals surface area contributed by atoms with E-state index >= 15 is 0 Å². The summed E-state index contributed by atoms with van der Waals surface area (Å²) in [6.45, 7) is 7.02. The van der Waals surface area contributed by atoms with E-state index in [2.05, 4.69) is 32.0 Å². The van der Waals surface area contributed by atoms with Crippen molar-refractivity contribution in [3.63, 3.8) is 0 Å². The molecular weight excluding hydrogens is 267 g/mol. The molecule has 1 aromatic rings. The first-order chi connectivity index (χ1) is 7.63. The molecule has 0 aliphatic heterocycles. The van der Waals surface area contributed by atoms with Crippen LogP contribution in [0.1, 0.15) is 18.1 Å². The average molecular weight is 287 g/mol. The fourth-order valence-electron chi connectivity index (χ4n) is 1.40. The van der Waals surface area contributed by atoms with Crippen molar-refractivity contribution in [1.29, 1.82) is 0 Å². The fourth-order valence-corrected chi connectivity index (χ4v) is 3.18. The Bertz CT molecular complexity index is 326. The van der Waals surface area contributed by atoms with Gasteiger partial charge in [-0.1, -0.05) is 0 Å². The van der Waals surface area contributed by atoms with Crippen molar-refractivity contribution in [2.24, 2.45) is 0 Å². The molecule has 0 amide bonds. The van der Waals surface area contributed by atoms with Gasteiger partial charge in [-0.3, -0.25) is 0 Å². The Morgan fingerprint density at radius 2 is 2.06 bits per heavy atom. The van der Waals surface area contributed by atoms with Crippen LogP contribution in [0.15, 0.2) is 18.2 Å². The second kappa shape index (κ2) is 7.08. The Kier molecular flexibility index (Phi) is 6.07. The zero-order valence-corrected chi connectivity index (χ0v) is 12.2. The van der Waals surface area contributed by atoms with E-state index < -0.39 is 0 Å². The number of aryl methyl sites for hydroxylation is 2. The molecule has 0 aliphatic rings. The van der Waals surface area contributed by atoms with Gasteiger partial charge in [0.25, 0.3) is 0 Å². The summed E-state index contributed by atoms with van der Waals surface area (Å²) in [4.78, 5) is 0. The molecule has 0 spiro atoms. The van der Waals surface area contributed by atoms with Crippen molar-refractivity contribution in [3.05, 3.63) is 29.3 Å². The van der Waals surface area contributed by atoms with E-state index in [4.69, 9.17) is 9.47 Å². The number of hydrogen-bond donors (Lipinski definition) is 0. The first kappa shape index (κ1) is 13.7. The molecule has 0 aromatic heterocycles. The molecule has 0 fully saturated rings. The summed E-state index contributed by atoms with van der Waals surface area (Å²) >= 11 is 0.505. The molecule has 0 radical (unpaired) electrons. The Morgan fingerprint density at radius 1 is 1.31 bits per heavy atom. The number of rotatable bonds is 6. The molecule has 2 nitrogen and oxygen atoms in total. The predicted octanol–water partition coefficient (Wildman–Crippen LogP) is 2.06. The van der Waals surface area contributed by atoms with Crippen LogP contribution < -0.4 is 4.46 Å². The minimum atomic E-state index is -0.0880. The Balaban J connectivity index is 2.32. The van der Waals surface area contributed by atoms with Crippen molar-refractivity contribution < 1.29 is 9.47 Å². The van der Waals surface area contributed by atoms with E-state index in [0.717, 1.165) is 11.9 Å². The molecule has 0 aliphatic carbocycles. The third-order valence-electron chi connectivity index (χ3n) is 2.36. The maximum absolute atomic E-state index is 5.47. The van der Waals surface area contributed by atoms with E-state index in [1.165, 1.54) is 15.6 Å². The molecule has 0 bridgehead atoms. The number of benzene rings is 1. The van der Waals surface area contributed by atoms with E-state index in [1.807, 2.05) is 6.92 Å². The van der Waals surface area contributed by atoms with Crippen molar-refractivity contribution in [3.8, 4) is 0 Å². The summed E-state index contributed by atoms with van der Waals surface area (Å²) in [5.74, 6) is 0. The van der Waals surface area contributed by atoms with Crippen LogP contribution in [-0.4, -0.2) is 35.0 Å². The topological polar surface area (TPSA) is 18.5 Å². The Hall–Kier alpha value is -0.341. The van der Waals surface area contributed by atoms with Gasteiger partial charge in [-0.15, -0.1) is 0 Å². The third kappa shape index (κ3) is 4.67. The maximum atomic E-state index is 5.47. The van der Waals surface area contributed by atoms with Gasteiger partial charge < -0.3 is 0 Å². The predicted molar refractivity (Wildman–Crippen MR) is 68.5 cm³/mol. The van der Waals surface area contributed by atoms with Gasteiger partial charge in [-0.05, 0) is 0 Å². The first-order valence-corrected chi connectivity index (χ1v) is 7.54. The zero-order chi connectivity index (χ0) is 12.0. The molecule has 0 saturated heterocycles. The van der Waals surface area contributed by atoms with Gasteiger partial charge in [0, 0.05) is 0 Å². The molecule has 0 saturated carbocycles. The van der Waals surface area contributed by atoms with E-state index in [-0.39, 0.29) is 6.29 Å². The summed E-state index contributed by atoms with van der Waals surface area (Å²) in [7, 11) is 1.67. The summed E-state index contributed by atoms with van der Waals surface area (Å²) < 4.78 is 12.0. The van der Waals surface area contributed by atoms with E-state index in [9.17, 15) is 0 Å². The van der Waals surface area contributed by atoms with Crippen LogP contribution in [0.25, 0.3) is 0 Å². The Morgan fingerprint density at radius 3 is 2.69 bits per heavy atom. The molecule has 90 valence electrons. The second-order valence-electron chi connectivity index (χ2n) is 3.79. The molecule has 1 rings (SSSR count). The van der Waals surface area contributed by atoms with Crippen LogP contribution in [0.3, 0.4) is 0 Å². The molecular formula is C13H20O2Se. The summed E-state index contributed by atoms with van der Waals surface area (Å²) in [5.41, 5.74) is 2.74. The van der Waals surface area contributed by atoms with Crippen molar-refractivity contribution >= 4 is 19.4 Å². The van der Waals surface area contributed by atoms with Gasteiger partial charge in [0.1, 0.15) is 0 Å². The van der Waals surface area contributed by atoms with Crippen LogP contribution >= 0.6 is 0 Å². The molecule has 0 heterocycles. The van der Waals surface area contributed by atoms with Crippen LogP contribution in [-0.2, 0) is 9.47 Å². The monoisotopic (exact) mass is 288 g/mol. The summed E-state index contributed by atoms with van der Waals surface area (Å²) in [6.07, 6.45) is -0.0880. The van der Waals surface area contributed by atoms with Gasteiger partial charge in [-0.25, -0.2) is 0 Å². The molecule has 0 N–H and O–H groups in total. The normalized spacial score (nSPS) is 12.8. The van der Waals surface area contributed by atoms with Gasteiger partial charge in [0.05, 0.1) is 0 Å². The first-order valence-electron chi connectivity index (χ1n) is 5.48. The second-order valence-corrected chi connectivity index (χ2v) is 6.18. The summed E-state index contributed by atoms with van der Waals surface area (Å²) in [5, 5.41) is 1.10. The zero-order valence-electron chi connectivity index (χ0n) is 10.4. The Labute approximate surface area is 104 Å². The quantitative estimate of drug-likeness (QED) is 0.453. The standard InChI is InChI=1S/C13H20O2Se/c1-10-5-6-13(11(2)9-10)16-8-7-15-12(3)14-4/h5-6,9,12H,7-8H2,1-4H3. The molecule has 3 heteroatoms. The average Bonchev–Trinajstić information content (AvgIpc) is 2.26. The molecule has 1 unspecified atom stereocenters. The number of hydrogen-bond acceptors (Lipinski definition) is 2.